The molecule has 2 aromatic rings. The number of nitrogens with two attached hydrogens (primary N) is 1. The average molecular weight is 276 g/mol. The Labute approximate surface area is 117 Å². The largest absolute Gasteiger partial charge is 0.398 e. The highest BCUT2D eigenvalue weighted by atomic mass is 32.2. The van der Waals surface area contributed by atoms with Crippen LogP contribution < -0.4 is 5.73 Å². The van der Waals surface area contributed by atoms with Gasteiger partial charge in [-0.05, 0) is 50.0 Å². The van der Waals surface area contributed by atoms with Crippen LogP contribution in [0, 0.1) is 5.82 Å². The Morgan fingerprint density at radius 2 is 1.79 bits per heavy atom. The summed E-state index contributed by atoms with van der Waals surface area (Å²) in [6, 6.07) is 12.8. The fourth-order valence-corrected chi connectivity index (χ4v) is 2.61. The summed E-state index contributed by atoms with van der Waals surface area (Å²) in [6.45, 7) is 0.920. The van der Waals surface area contributed by atoms with Crippen molar-refractivity contribution in [2.75, 3.05) is 19.8 Å². The van der Waals surface area contributed by atoms with Crippen molar-refractivity contribution >= 4 is 17.4 Å². The summed E-state index contributed by atoms with van der Waals surface area (Å²) in [5.74, 6) is -0.303. The molecule has 2 rings (SSSR count). The second kappa shape index (κ2) is 6.08. The molecule has 0 aliphatic heterocycles. The van der Waals surface area contributed by atoms with Gasteiger partial charge in [0.1, 0.15) is 5.82 Å². The molecular formula is C15H17FN2S. The fourth-order valence-electron chi connectivity index (χ4n) is 1.77. The molecule has 0 saturated carbocycles. The van der Waals surface area contributed by atoms with E-state index < -0.39 is 0 Å². The lowest BCUT2D eigenvalue weighted by molar-refractivity contribution is 0.402. The molecule has 0 amide bonds. The van der Waals surface area contributed by atoms with Crippen LogP contribution in [0.15, 0.2) is 52.3 Å². The number of hydrogen-bond donors (Lipinski definition) is 1. The van der Waals surface area contributed by atoms with Gasteiger partial charge in [-0.3, -0.25) is 0 Å². The molecule has 2 N–H and O–H groups in total. The van der Waals surface area contributed by atoms with Crippen LogP contribution in [0.5, 0.6) is 0 Å². The van der Waals surface area contributed by atoms with E-state index in [2.05, 4.69) is 29.2 Å². The lowest BCUT2D eigenvalue weighted by Crippen LogP contribution is -2.10. The van der Waals surface area contributed by atoms with Crippen molar-refractivity contribution in [3.8, 4) is 0 Å². The van der Waals surface area contributed by atoms with E-state index in [4.69, 9.17) is 5.73 Å². The van der Waals surface area contributed by atoms with E-state index in [9.17, 15) is 4.39 Å². The smallest absolute Gasteiger partial charge is 0.125 e. The Kier molecular flexibility index (Phi) is 4.45. The first kappa shape index (κ1) is 13.9. The van der Waals surface area contributed by atoms with Gasteiger partial charge in [0.25, 0.3) is 0 Å². The number of nitrogens with zero attached hydrogens (tertiary/aromatic N) is 1. The molecule has 0 fully saturated rings. The third-order valence-corrected chi connectivity index (χ3v) is 3.72. The first-order chi connectivity index (χ1) is 9.04. The third-order valence-electron chi connectivity index (χ3n) is 2.62. The molecule has 0 unspecified atom stereocenters. The summed E-state index contributed by atoms with van der Waals surface area (Å²) >= 11 is 1.55. The Morgan fingerprint density at radius 3 is 2.37 bits per heavy atom. The standard InChI is InChI=1S/C15H17FN2S/c1-18(2)10-11-3-6-13(7-4-11)19-15-8-5-12(16)9-14(15)17/h3-9H,10,17H2,1-2H3. The van der Waals surface area contributed by atoms with E-state index in [1.807, 2.05) is 14.1 Å². The van der Waals surface area contributed by atoms with Crippen LogP contribution in [0.25, 0.3) is 0 Å². The summed E-state index contributed by atoms with van der Waals surface area (Å²) in [5.41, 5.74) is 7.54. The monoisotopic (exact) mass is 276 g/mol. The van der Waals surface area contributed by atoms with Gasteiger partial charge >= 0.3 is 0 Å². The predicted molar refractivity (Wildman–Crippen MR) is 78.8 cm³/mol. The van der Waals surface area contributed by atoms with Crippen molar-refractivity contribution in [3.05, 3.63) is 53.8 Å². The van der Waals surface area contributed by atoms with Gasteiger partial charge in [0.05, 0.1) is 0 Å². The first-order valence-corrected chi connectivity index (χ1v) is 6.83. The van der Waals surface area contributed by atoms with Crippen molar-refractivity contribution in [1.82, 2.24) is 4.90 Å². The van der Waals surface area contributed by atoms with Crippen molar-refractivity contribution in [1.29, 1.82) is 0 Å². The normalized spacial score (nSPS) is 10.9. The Morgan fingerprint density at radius 1 is 1.11 bits per heavy atom. The second-order valence-electron chi connectivity index (χ2n) is 4.67. The molecule has 4 heteroatoms. The van der Waals surface area contributed by atoms with E-state index in [0.29, 0.717) is 5.69 Å². The van der Waals surface area contributed by atoms with Crippen LogP contribution in [0.3, 0.4) is 0 Å². The number of benzene rings is 2. The van der Waals surface area contributed by atoms with E-state index in [1.54, 1.807) is 17.8 Å². The van der Waals surface area contributed by atoms with Gasteiger partial charge in [0.2, 0.25) is 0 Å². The molecule has 0 aliphatic carbocycles. The highest BCUT2D eigenvalue weighted by molar-refractivity contribution is 7.99. The molecule has 0 heterocycles. The van der Waals surface area contributed by atoms with Crippen LogP contribution >= 0.6 is 11.8 Å². The average Bonchev–Trinajstić information content (AvgIpc) is 2.34. The lowest BCUT2D eigenvalue weighted by atomic mass is 10.2. The quantitative estimate of drug-likeness (QED) is 0.865. The fraction of sp³-hybridized carbons (Fsp3) is 0.200. The molecule has 100 valence electrons. The Balaban J connectivity index is 2.10. The molecule has 0 atom stereocenters. The zero-order valence-corrected chi connectivity index (χ0v) is 11.9. The van der Waals surface area contributed by atoms with Gasteiger partial charge in [-0.2, -0.15) is 0 Å². The molecule has 0 aliphatic rings. The third kappa shape index (κ3) is 3.98. The molecule has 2 aromatic carbocycles. The maximum absolute atomic E-state index is 13.0. The van der Waals surface area contributed by atoms with Crippen molar-refractivity contribution in [3.63, 3.8) is 0 Å². The molecule has 2 nitrogen and oxygen atoms in total. The van der Waals surface area contributed by atoms with Crippen LogP contribution in [0.1, 0.15) is 5.56 Å². The zero-order valence-electron chi connectivity index (χ0n) is 11.1. The summed E-state index contributed by atoms with van der Waals surface area (Å²) < 4.78 is 13.0. The first-order valence-electron chi connectivity index (χ1n) is 6.01. The number of rotatable bonds is 4. The maximum Gasteiger partial charge on any atom is 0.125 e. The number of hydrogen-bond acceptors (Lipinski definition) is 3. The molecule has 0 bridgehead atoms. The van der Waals surface area contributed by atoms with Crippen molar-refractivity contribution < 1.29 is 4.39 Å². The summed E-state index contributed by atoms with van der Waals surface area (Å²) in [4.78, 5) is 4.10. The van der Waals surface area contributed by atoms with E-state index >= 15 is 0 Å². The number of halogens is 1. The Hall–Kier alpha value is -1.52. The lowest BCUT2D eigenvalue weighted by Gasteiger charge is -2.10. The highest BCUT2D eigenvalue weighted by Crippen LogP contribution is 2.32. The number of anilines is 1. The maximum atomic E-state index is 13.0. The summed E-state index contributed by atoms with van der Waals surface area (Å²) in [7, 11) is 4.09. The summed E-state index contributed by atoms with van der Waals surface area (Å²) in [6.07, 6.45) is 0. The van der Waals surface area contributed by atoms with Gasteiger partial charge in [-0.15, -0.1) is 0 Å². The topological polar surface area (TPSA) is 29.3 Å². The van der Waals surface area contributed by atoms with E-state index in [-0.39, 0.29) is 5.82 Å². The zero-order chi connectivity index (χ0) is 13.8. The van der Waals surface area contributed by atoms with Gasteiger partial charge in [0, 0.05) is 22.0 Å². The minimum Gasteiger partial charge on any atom is -0.398 e. The summed E-state index contributed by atoms with van der Waals surface area (Å²) in [5, 5.41) is 0. The van der Waals surface area contributed by atoms with Crippen LogP contribution in [0.4, 0.5) is 10.1 Å². The minimum absolute atomic E-state index is 0.303. The van der Waals surface area contributed by atoms with Crippen LogP contribution in [-0.2, 0) is 6.54 Å². The van der Waals surface area contributed by atoms with Gasteiger partial charge in [-0.1, -0.05) is 23.9 Å². The molecule has 0 aromatic heterocycles. The van der Waals surface area contributed by atoms with Crippen LogP contribution in [-0.4, -0.2) is 19.0 Å². The molecule has 0 spiro atoms. The van der Waals surface area contributed by atoms with Crippen LogP contribution in [0.2, 0.25) is 0 Å². The molecule has 0 radical (unpaired) electrons. The molecule has 19 heavy (non-hydrogen) atoms. The van der Waals surface area contributed by atoms with Gasteiger partial charge in [0.15, 0.2) is 0 Å². The second-order valence-corrected chi connectivity index (χ2v) is 5.78. The van der Waals surface area contributed by atoms with E-state index in [1.165, 1.54) is 17.7 Å². The Bertz CT molecular complexity index is 553. The predicted octanol–water partition coefficient (Wildman–Crippen LogP) is 3.62. The SMILES string of the molecule is CN(C)Cc1ccc(Sc2ccc(F)cc2N)cc1. The minimum atomic E-state index is -0.303. The highest BCUT2D eigenvalue weighted by Gasteiger charge is 2.04. The van der Waals surface area contributed by atoms with Crippen molar-refractivity contribution in [2.24, 2.45) is 0 Å². The number of nitrogen functional groups attached to an aromatic ring is 1. The molecule has 0 saturated heterocycles. The van der Waals surface area contributed by atoms with Gasteiger partial charge < -0.3 is 10.6 Å². The van der Waals surface area contributed by atoms with Crippen molar-refractivity contribution in [2.45, 2.75) is 16.3 Å². The van der Waals surface area contributed by atoms with Gasteiger partial charge in [-0.25, -0.2) is 4.39 Å². The van der Waals surface area contributed by atoms with E-state index in [0.717, 1.165) is 16.3 Å². The molecular weight excluding hydrogens is 259 g/mol.